The first-order valence-electron chi connectivity index (χ1n) is 5.81. The van der Waals surface area contributed by atoms with E-state index in [1.165, 1.54) is 6.07 Å². The van der Waals surface area contributed by atoms with Crippen LogP contribution in [0.1, 0.15) is 10.4 Å². The molecule has 0 unspecified atom stereocenters. The largest absolute Gasteiger partial charge is 0.477 e. The molecule has 10 heteroatoms. The molecule has 1 heterocycles. The molecule has 0 bridgehead atoms. The third-order valence-electron chi connectivity index (χ3n) is 2.64. The van der Waals surface area contributed by atoms with Gasteiger partial charge in [-0.1, -0.05) is 0 Å². The Hall–Kier alpha value is -2.75. The minimum atomic E-state index is -3.66. The summed E-state index contributed by atoms with van der Waals surface area (Å²) in [5.74, 6) is -2.50. The summed E-state index contributed by atoms with van der Waals surface area (Å²) in [6.45, 7) is 0. The standard InChI is InChI=1S/C12H11FN4O4S/c1-22(20,21)9-3-2-6(4-8(9)13)16-12-15-5-7(11(18)19)10(14)17-12/h2-5H,1H3,(H,18,19)(H3,14,15,16,17). The van der Waals surface area contributed by atoms with Crippen LogP contribution >= 0.6 is 0 Å². The van der Waals surface area contributed by atoms with Crippen LogP contribution in [0.3, 0.4) is 0 Å². The molecular formula is C12H11FN4O4S. The summed E-state index contributed by atoms with van der Waals surface area (Å²) < 4.78 is 36.4. The van der Waals surface area contributed by atoms with Crippen molar-refractivity contribution in [3.8, 4) is 0 Å². The highest BCUT2D eigenvalue weighted by Crippen LogP contribution is 2.21. The number of benzene rings is 1. The molecule has 0 saturated carbocycles. The Kier molecular flexibility index (Phi) is 3.95. The van der Waals surface area contributed by atoms with Crippen LogP contribution in [0.5, 0.6) is 0 Å². The van der Waals surface area contributed by atoms with E-state index in [1.54, 1.807) is 0 Å². The molecule has 2 rings (SSSR count). The fourth-order valence-corrected chi connectivity index (χ4v) is 2.36. The zero-order valence-corrected chi connectivity index (χ0v) is 12.1. The molecule has 4 N–H and O–H groups in total. The van der Waals surface area contributed by atoms with Gasteiger partial charge >= 0.3 is 5.97 Å². The number of nitrogens with one attached hydrogen (secondary N) is 1. The molecule has 0 radical (unpaired) electrons. The number of nitrogen functional groups attached to an aromatic ring is 1. The minimum Gasteiger partial charge on any atom is -0.477 e. The van der Waals surface area contributed by atoms with E-state index < -0.39 is 26.5 Å². The lowest BCUT2D eigenvalue weighted by atomic mass is 10.3. The van der Waals surface area contributed by atoms with Crippen molar-refractivity contribution >= 4 is 33.3 Å². The van der Waals surface area contributed by atoms with Crippen molar-refractivity contribution in [2.75, 3.05) is 17.3 Å². The number of carboxylic acids is 1. The Labute approximate surface area is 124 Å². The SMILES string of the molecule is CS(=O)(=O)c1ccc(Nc2ncc(C(=O)O)c(N)n2)cc1F. The molecule has 116 valence electrons. The predicted molar refractivity (Wildman–Crippen MR) is 76.2 cm³/mol. The van der Waals surface area contributed by atoms with E-state index >= 15 is 0 Å². The fraction of sp³-hybridized carbons (Fsp3) is 0.0833. The summed E-state index contributed by atoms with van der Waals surface area (Å²) in [4.78, 5) is 17.8. The number of carboxylic acid groups (broad SMARTS) is 1. The van der Waals surface area contributed by atoms with Gasteiger partial charge in [-0.15, -0.1) is 0 Å². The van der Waals surface area contributed by atoms with Crippen molar-refractivity contribution in [1.29, 1.82) is 0 Å². The molecule has 1 aromatic heterocycles. The van der Waals surface area contributed by atoms with E-state index in [2.05, 4.69) is 15.3 Å². The second kappa shape index (κ2) is 5.56. The molecule has 0 aliphatic rings. The molecule has 0 amide bonds. The molecule has 0 spiro atoms. The Bertz CT molecular complexity index is 854. The van der Waals surface area contributed by atoms with Crippen LogP contribution in [0.15, 0.2) is 29.3 Å². The molecule has 0 atom stereocenters. The number of halogens is 1. The second-order valence-corrected chi connectivity index (χ2v) is 6.32. The van der Waals surface area contributed by atoms with E-state index in [9.17, 15) is 17.6 Å². The highest BCUT2D eigenvalue weighted by atomic mass is 32.2. The first kappa shape index (κ1) is 15.6. The van der Waals surface area contributed by atoms with E-state index in [4.69, 9.17) is 10.8 Å². The summed E-state index contributed by atoms with van der Waals surface area (Å²) in [6, 6.07) is 3.38. The van der Waals surface area contributed by atoms with Crippen LogP contribution < -0.4 is 11.1 Å². The Morgan fingerprint density at radius 3 is 2.59 bits per heavy atom. The van der Waals surface area contributed by atoms with Crippen LogP contribution in [0.2, 0.25) is 0 Å². The molecule has 0 aliphatic carbocycles. The minimum absolute atomic E-state index is 0.0472. The van der Waals surface area contributed by atoms with Crippen LogP contribution in [0.4, 0.5) is 21.8 Å². The van der Waals surface area contributed by atoms with Gasteiger partial charge in [0.1, 0.15) is 22.1 Å². The van der Waals surface area contributed by atoms with Gasteiger partial charge in [0.05, 0.1) is 0 Å². The van der Waals surface area contributed by atoms with Gasteiger partial charge in [0.15, 0.2) is 9.84 Å². The summed E-state index contributed by atoms with van der Waals surface area (Å²) >= 11 is 0. The topological polar surface area (TPSA) is 135 Å². The molecule has 0 saturated heterocycles. The van der Waals surface area contributed by atoms with E-state index in [0.29, 0.717) is 0 Å². The average Bonchev–Trinajstić information content (AvgIpc) is 2.36. The lowest BCUT2D eigenvalue weighted by Gasteiger charge is -2.08. The second-order valence-electron chi connectivity index (χ2n) is 4.34. The van der Waals surface area contributed by atoms with Crippen LogP contribution in [-0.4, -0.2) is 35.7 Å². The monoisotopic (exact) mass is 326 g/mol. The number of nitrogens with two attached hydrogens (primary N) is 1. The summed E-state index contributed by atoms with van der Waals surface area (Å²) in [6.07, 6.45) is 1.90. The molecular weight excluding hydrogens is 315 g/mol. The zero-order chi connectivity index (χ0) is 16.5. The number of aromatic nitrogens is 2. The van der Waals surface area contributed by atoms with E-state index in [0.717, 1.165) is 24.6 Å². The Morgan fingerprint density at radius 2 is 2.09 bits per heavy atom. The molecule has 8 nitrogen and oxygen atoms in total. The van der Waals surface area contributed by atoms with Gasteiger partial charge < -0.3 is 16.2 Å². The van der Waals surface area contributed by atoms with Crippen molar-refractivity contribution in [2.24, 2.45) is 0 Å². The van der Waals surface area contributed by atoms with Crippen molar-refractivity contribution in [3.63, 3.8) is 0 Å². The number of anilines is 3. The number of rotatable bonds is 4. The highest BCUT2D eigenvalue weighted by Gasteiger charge is 2.15. The van der Waals surface area contributed by atoms with Gasteiger partial charge in [-0.2, -0.15) is 4.98 Å². The molecule has 0 fully saturated rings. The van der Waals surface area contributed by atoms with Crippen molar-refractivity contribution in [3.05, 3.63) is 35.8 Å². The third-order valence-corrected chi connectivity index (χ3v) is 3.77. The van der Waals surface area contributed by atoms with Gasteiger partial charge in [0.25, 0.3) is 0 Å². The van der Waals surface area contributed by atoms with Crippen LogP contribution in [-0.2, 0) is 9.84 Å². The summed E-state index contributed by atoms with van der Waals surface area (Å²) in [5, 5.41) is 11.4. The van der Waals surface area contributed by atoms with Gasteiger partial charge in [-0.05, 0) is 18.2 Å². The molecule has 22 heavy (non-hydrogen) atoms. The Balaban J connectivity index is 2.30. The molecule has 0 aliphatic heterocycles. The number of carbonyl (C=O) groups is 1. The quantitative estimate of drug-likeness (QED) is 0.758. The highest BCUT2D eigenvalue weighted by molar-refractivity contribution is 7.90. The summed E-state index contributed by atoms with van der Waals surface area (Å²) in [7, 11) is -3.66. The predicted octanol–water partition coefficient (Wildman–Crippen LogP) is 1.04. The molecule has 2 aromatic rings. The number of nitrogens with zero attached hydrogens (tertiary/aromatic N) is 2. The van der Waals surface area contributed by atoms with Crippen molar-refractivity contribution in [1.82, 2.24) is 9.97 Å². The lowest BCUT2D eigenvalue weighted by molar-refractivity contribution is 0.0697. The van der Waals surface area contributed by atoms with Crippen molar-refractivity contribution < 1.29 is 22.7 Å². The normalized spacial score (nSPS) is 11.2. The Morgan fingerprint density at radius 1 is 1.41 bits per heavy atom. The zero-order valence-electron chi connectivity index (χ0n) is 11.2. The fourth-order valence-electron chi connectivity index (χ4n) is 1.63. The van der Waals surface area contributed by atoms with E-state index in [-0.39, 0.29) is 23.0 Å². The van der Waals surface area contributed by atoms with Gasteiger partial charge in [0, 0.05) is 18.1 Å². The van der Waals surface area contributed by atoms with Gasteiger partial charge in [-0.3, -0.25) is 0 Å². The van der Waals surface area contributed by atoms with Crippen LogP contribution in [0.25, 0.3) is 0 Å². The van der Waals surface area contributed by atoms with Gasteiger partial charge in [0.2, 0.25) is 5.95 Å². The maximum absolute atomic E-state index is 13.7. The van der Waals surface area contributed by atoms with Crippen LogP contribution in [0, 0.1) is 5.82 Å². The number of aromatic carboxylic acids is 1. The molecule has 1 aromatic carbocycles. The lowest BCUT2D eigenvalue weighted by Crippen LogP contribution is -2.08. The summed E-state index contributed by atoms with van der Waals surface area (Å²) in [5.41, 5.74) is 5.39. The number of hydrogen-bond acceptors (Lipinski definition) is 7. The van der Waals surface area contributed by atoms with Gasteiger partial charge in [-0.25, -0.2) is 22.6 Å². The maximum atomic E-state index is 13.7. The van der Waals surface area contributed by atoms with Crippen molar-refractivity contribution in [2.45, 2.75) is 4.90 Å². The average molecular weight is 326 g/mol. The number of sulfone groups is 1. The smallest absolute Gasteiger partial charge is 0.341 e. The first-order chi connectivity index (χ1) is 10.2. The van der Waals surface area contributed by atoms with E-state index in [1.807, 2.05) is 0 Å². The first-order valence-corrected chi connectivity index (χ1v) is 7.70. The third kappa shape index (κ3) is 3.28. The number of hydrogen-bond donors (Lipinski definition) is 3. The maximum Gasteiger partial charge on any atom is 0.341 e.